The predicted octanol–water partition coefficient (Wildman–Crippen LogP) is -0.192. The van der Waals surface area contributed by atoms with Crippen LogP contribution in [0.15, 0.2) is 29.2 Å². The summed E-state index contributed by atoms with van der Waals surface area (Å²) in [7, 11) is -3.76. The highest BCUT2D eigenvalue weighted by atomic mass is 32.2. The van der Waals surface area contributed by atoms with E-state index in [1.165, 1.54) is 24.3 Å². The zero-order valence-electron chi connectivity index (χ0n) is 14.5. The molecule has 4 N–H and O–H groups in total. The predicted molar refractivity (Wildman–Crippen MR) is 95.9 cm³/mol. The summed E-state index contributed by atoms with van der Waals surface area (Å²) in [5.41, 5.74) is 5.87. The maximum absolute atomic E-state index is 12.6. The maximum Gasteiger partial charge on any atom is 0.251 e. The second kappa shape index (κ2) is 7.34. The average molecular weight is 380 g/mol. The number of nitrogens with one attached hydrogen (secondary N) is 2. The van der Waals surface area contributed by atoms with Crippen molar-refractivity contribution in [1.29, 1.82) is 0 Å². The van der Waals surface area contributed by atoms with E-state index in [0.717, 1.165) is 30.0 Å². The van der Waals surface area contributed by atoms with Crippen molar-refractivity contribution in [2.24, 2.45) is 5.73 Å². The molecule has 1 aliphatic heterocycles. The summed E-state index contributed by atoms with van der Waals surface area (Å²) in [5.74, 6) is -0.571. The third-order valence-electron chi connectivity index (χ3n) is 5.09. The Hall–Kier alpha value is -1.97. The number of nitrogens with two attached hydrogens (primary N) is 1. The SMILES string of the molecule is NCC1(NC(=O)c2ccc(S(=O)(=O)N3CCNC(=O)C3)cc2)CCCC1. The standard InChI is InChI=1S/C17H24N4O4S/c18-12-17(7-1-2-8-17)20-16(23)13-3-5-14(6-4-13)26(24,25)21-10-9-19-15(22)11-21/h3-6H,1-2,7-12,18H2,(H,19,22)(H,20,23). The molecule has 1 saturated heterocycles. The smallest absolute Gasteiger partial charge is 0.251 e. The van der Waals surface area contributed by atoms with Gasteiger partial charge in [0.25, 0.3) is 5.91 Å². The second-order valence-corrected chi connectivity index (χ2v) is 8.80. The molecule has 2 fully saturated rings. The van der Waals surface area contributed by atoms with Crippen molar-refractivity contribution in [2.45, 2.75) is 36.1 Å². The summed E-state index contributed by atoms with van der Waals surface area (Å²) in [5, 5.41) is 5.60. The summed E-state index contributed by atoms with van der Waals surface area (Å²) < 4.78 is 26.4. The lowest BCUT2D eigenvalue weighted by atomic mass is 9.97. The third-order valence-corrected chi connectivity index (χ3v) is 6.95. The Morgan fingerprint density at radius 2 is 1.88 bits per heavy atom. The third kappa shape index (κ3) is 3.74. The quantitative estimate of drug-likeness (QED) is 0.654. The first-order valence-corrected chi connectivity index (χ1v) is 10.2. The largest absolute Gasteiger partial charge is 0.354 e. The Bertz CT molecular complexity index is 785. The van der Waals surface area contributed by atoms with Gasteiger partial charge in [0.05, 0.1) is 17.0 Å². The van der Waals surface area contributed by atoms with E-state index < -0.39 is 10.0 Å². The van der Waals surface area contributed by atoms with Crippen LogP contribution in [0, 0.1) is 0 Å². The Kier molecular flexibility index (Phi) is 5.31. The van der Waals surface area contributed by atoms with Crippen LogP contribution in [0.2, 0.25) is 0 Å². The van der Waals surface area contributed by atoms with Gasteiger partial charge in [0.1, 0.15) is 0 Å². The molecule has 1 saturated carbocycles. The first-order chi connectivity index (χ1) is 12.4. The van der Waals surface area contributed by atoms with Crippen molar-refractivity contribution in [3.05, 3.63) is 29.8 Å². The van der Waals surface area contributed by atoms with E-state index >= 15 is 0 Å². The lowest BCUT2D eigenvalue weighted by molar-refractivity contribution is -0.122. The summed E-state index contributed by atoms with van der Waals surface area (Å²) >= 11 is 0. The Morgan fingerprint density at radius 3 is 2.46 bits per heavy atom. The molecule has 0 aromatic heterocycles. The van der Waals surface area contributed by atoms with Gasteiger partial charge >= 0.3 is 0 Å². The van der Waals surface area contributed by atoms with Crippen LogP contribution in [-0.4, -0.2) is 56.3 Å². The number of carbonyl (C=O) groups excluding carboxylic acids is 2. The van der Waals surface area contributed by atoms with Crippen LogP contribution in [0.1, 0.15) is 36.0 Å². The zero-order valence-corrected chi connectivity index (χ0v) is 15.3. The van der Waals surface area contributed by atoms with E-state index in [0.29, 0.717) is 18.7 Å². The maximum atomic E-state index is 12.6. The highest BCUT2D eigenvalue weighted by Gasteiger charge is 2.34. The highest BCUT2D eigenvalue weighted by molar-refractivity contribution is 7.89. The molecular weight excluding hydrogens is 356 g/mol. The van der Waals surface area contributed by atoms with E-state index in [4.69, 9.17) is 5.73 Å². The van der Waals surface area contributed by atoms with Crippen LogP contribution >= 0.6 is 0 Å². The van der Waals surface area contributed by atoms with Crippen molar-refractivity contribution in [3.63, 3.8) is 0 Å². The molecule has 1 aromatic carbocycles. The number of benzene rings is 1. The van der Waals surface area contributed by atoms with Crippen LogP contribution in [0.4, 0.5) is 0 Å². The molecule has 1 aromatic rings. The molecule has 0 spiro atoms. The van der Waals surface area contributed by atoms with Crippen molar-refractivity contribution < 1.29 is 18.0 Å². The zero-order chi connectivity index (χ0) is 18.8. The molecule has 2 aliphatic rings. The summed E-state index contributed by atoms with van der Waals surface area (Å²) in [6.07, 6.45) is 3.80. The molecule has 9 heteroatoms. The Labute approximate surface area is 153 Å². The number of rotatable bonds is 5. The molecule has 0 bridgehead atoms. The minimum atomic E-state index is -3.76. The molecule has 26 heavy (non-hydrogen) atoms. The number of nitrogens with zero attached hydrogens (tertiary/aromatic N) is 1. The van der Waals surface area contributed by atoms with Crippen LogP contribution < -0.4 is 16.4 Å². The van der Waals surface area contributed by atoms with Gasteiger partial charge in [-0.2, -0.15) is 4.31 Å². The second-order valence-electron chi connectivity index (χ2n) is 6.86. The van der Waals surface area contributed by atoms with Crippen LogP contribution in [-0.2, 0) is 14.8 Å². The van der Waals surface area contributed by atoms with Gasteiger partial charge in [-0.3, -0.25) is 9.59 Å². The number of hydrogen-bond acceptors (Lipinski definition) is 5. The van der Waals surface area contributed by atoms with Crippen molar-refractivity contribution in [3.8, 4) is 0 Å². The van der Waals surface area contributed by atoms with Gasteiger partial charge in [-0.25, -0.2) is 8.42 Å². The van der Waals surface area contributed by atoms with Gasteiger partial charge in [0.2, 0.25) is 15.9 Å². The Balaban J connectivity index is 1.73. The van der Waals surface area contributed by atoms with Crippen LogP contribution in [0.25, 0.3) is 0 Å². The molecule has 1 aliphatic carbocycles. The molecule has 1 heterocycles. The van der Waals surface area contributed by atoms with Crippen LogP contribution in [0.3, 0.4) is 0 Å². The summed E-state index contributed by atoms with van der Waals surface area (Å²) in [6, 6.07) is 5.79. The molecule has 2 amide bonds. The van der Waals surface area contributed by atoms with Crippen molar-refractivity contribution in [2.75, 3.05) is 26.2 Å². The monoisotopic (exact) mass is 380 g/mol. The number of amides is 2. The molecule has 3 rings (SSSR count). The van der Waals surface area contributed by atoms with Gasteiger partial charge in [0.15, 0.2) is 0 Å². The fourth-order valence-electron chi connectivity index (χ4n) is 3.49. The van der Waals surface area contributed by atoms with E-state index in [1.807, 2.05) is 0 Å². The lowest BCUT2D eigenvalue weighted by Gasteiger charge is -2.28. The summed E-state index contributed by atoms with van der Waals surface area (Å²) in [4.78, 5) is 24.0. The number of piperazine rings is 1. The Morgan fingerprint density at radius 1 is 1.23 bits per heavy atom. The first-order valence-electron chi connectivity index (χ1n) is 8.76. The molecule has 0 atom stereocenters. The molecular formula is C17H24N4O4S. The fraction of sp³-hybridized carbons (Fsp3) is 0.529. The van der Waals surface area contributed by atoms with Gasteiger partial charge in [-0.15, -0.1) is 0 Å². The number of hydrogen-bond donors (Lipinski definition) is 3. The minimum Gasteiger partial charge on any atom is -0.354 e. The summed E-state index contributed by atoms with van der Waals surface area (Å²) in [6.45, 7) is 0.723. The van der Waals surface area contributed by atoms with Gasteiger partial charge in [-0.05, 0) is 37.1 Å². The topological polar surface area (TPSA) is 122 Å². The van der Waals surface area contributed by atoms with Gasteiger partial charge in [-0.1, -0.05) is 12.8 Å². The normalized spacial score (nSPS) is 20.6. The molecule has 142 valence electrons. The number of carbonyl (C=O) groups is 2. The fourth-order valence-corrected chi connectivity index (χ4v) is 4.89. The highest BCUT2D eigenvalue weighted by Crippen LogP contribution is 2.29. The first kappa shape index (κ1) is 18.8. The molecule has 8 nitrogen and oxygen atoms in total. The van der Waals surface area contributed by atoms with Crippen LogP contribution in [0.5, 0.6) is 0 Å². The van der Waals surface area contributed by atoms with E-state index in [9.17, 15) is 18.0 Å². The van der Waals surface area contributed by atoms with E-state index in [1.54, 1.807) is 0 Å². The minimum absolute atomic E-state index is 0.0677. The van der Waals surface area contributed by atoms with E-state index in [-0.39, 0.29) is 35.3 Å². The number of sulfonamides is 1. The van der Waals surface area contributed by atoms with Gasteiger partial charge in [0, 0.05) is 25.2 Å². The molecule has 0 unspecified atom stereocenters. The average Bonchev–Trinajstić information content (AvgIpc) is 3.11. The van der Waals surface area contributed by atoms with Gasteiger partial charge < -0.3 is 16.4 Å². The molecule has 0 radical (unpaired) electrons. The van der Waals surface area contributed by atoms with E-state index in [2.05, 4.69) is 10.6 Å². The van der Waals surface area contributed by atoms with Crippen molar-refractivity contribution in [1.82, 2.24) is 14.9 Å². The van der Waals surface area contributed by atoms with Crippen molar-refractivity contribution >= 4 is 21.8 Å². The lowest BCUT2D eigenvalue weighted by Crippen LogP contribution is -2.51.